The first-order chi connectivity index (χ1) is 14.6. The van der Waals surface area contributed by atoms with Gasteiger partial charge in [0.25, 0.3) is 0 Å². The Hall–Kier alpha value is -2.83. The van der Waals surface area contributed by atoms with Gasteiger partial charge in [-0.15, -0.1) is 11.3 Å². The molecule has 0 bridgehead atoms. The van der Waals surface area contributed by atoms with E-state index in [0.717, 1.165) is 35.1 Å². The fourth-order valence-electron chi connectivity index (χ4n) is 3.41. The summed E-state index contributed by atoms with van der Waals surface area (Å²) in [5, 5.41) is 7.91. The number of ether oxygens (including phenoxy) is 1. The summed E-state index contributed by atoms with van der Waals surface area (Å²) in [4.78, 5) is 10.5. The number of hydrogen-bond donors (Lipinski definition) is 2. The van der Waals surface area contributed by atoms with Gasteiger partial charge in [0.15, 0.2) is 0 Å². The second-order valence-corrected chi connectivity index (χ2v) is 8.44. The maximum Gasteiger partial charge on any atom is 0.123 e. The number of anilines is 1. The SMILES string of the molecule is CCOc1ccc(NCc2csc(-c3ccc4[nH]cc(CCN(C)C)c4c3)n2)cc1. The minimum absolute atomic E-state index is 0.681. The van der Waals surface area contributed by atoms with Crippen LogP contribution in [0.5, 0.6) is 5.75 Å². The number of likely N-dealkylation sites (N-methyl/N-ethyl adjacent to an activating group) is 1. The van der Waals surface area contributed by atoms with Crippen molar-refractivity contribution < 1.29 is 4.74 Å². The third-order valence-corrected chi connectivity index (χ3v) is 5.97. The van der Waals surface area contributed by atoms with Crippen molar-refractivity contribution in [2.24, 2.45) is 0 Å². The molecule has 0 amide bonds. The first kappa shape index (κ1) is 20.4. The highest BCUT2D eigenvalue weighted by Gasteiger charge is 2.09. The van der Waals surface area contributed by atoms with E-state index in [2.05, 4.69) is 59.1 Å². The van der Waals surface area contributed by atoms with Gasteiger partial charge in [-0.3, -0.25) is 0 Å². The quantitative estimate of drug-likeness (QED) is 0.380. The van der Waals surface area contributed by atoms with E-state index in [1.165, 1.54) is 22.0 Å². The number of aromatic nitrogens is 2. The largest absolute Gasteiger partial charge is 0.494 e. The number of nitrogens with one attached hydrogen (secondary N) is 2. The summed E-state index contributed by atoms with van der Waals surface area (Å²) < 4.78 is 5.49. The van der Waals surface area contributed by atoms with Gasteiger partial charge in [-0.1, -0.05) is 0 Å². The van der Waals surface area contributed by atoms with Crippen LogP contribution in [-0.2, 0) is 13.0 Å². The lowest BCUT2D eigenvalue weighted by atomic mass is 10.1. The summed E-state index contributed by atoms with van der Waals surface area (Å²) in [6, 6.07) is 14.6. The Morgan fingerprint density at radius 2 is 1.97 bits per heavy atom. The summed E-state index contributed by atoms with van der Waals surface area (Å²) in [5.74, 6) is 0.893. The maximum absolute atomic E-state index is 5.49. The molecule has 0 saturated heterocycles. The van der Waals surface area contributed by atoms with Crippen LogP contribution in [0.4, 0.5) is 5.69 Å². The standard InChI is InChI=1S/C24H28N4OS/c1-4-29-21-8-6-19(7-9-21)25-15-20-16-30-24(27-20)17-5-10-23-22(13-17)18(14-26-23)11-12-28(2)3/h5-10,13-14,16,25-26H,4,11-12,15H2,1-3H3. The third-order valence-electron chi connectivity index (χ3n) is 5.03. The Kier molecular flexibility index (Phi) is 6.35. The second-order valence-electron chi connectivity index (χ2n) is 7.58. The number of rotatable bonds is 9. The highest BCUT2D eigenvalue weighted by Crippen LogP contribution is 2.29. The monoisotopic (exact) mass is 420 g/mol. The van der Waals surface area contributed by atoms with Crippen LogP contribution in [0.15, 0.2) is 54.0 Å². The van der Waals surface area contributed by atoms with Gasteiger partial charge >= 0.3 is 0 Å². The molecule has 0 fully saturated rings. The normalized spacial score (nSPS) is 11.3. The fourth-order valence-corrected chi connectivity index (χ4v) is 4.23. The Morgan fingerprint density at radius 1 is 1.13 bits per heavy atom. The molecule has 0 atom stereocenters. The molecule has 0 aliphatic carbocycles. The first-order valence-corrected chi connectivity index (χ1v) is 11.2. The van der Waals surface area contributed by atoms with Crippen molar-refractivity contribution in [2.45, 2.75) is 19.9 Å². The zero-order valence-corrected chi connectivity index (χ0v) is 18.6. The number of thiazole rings is 1. The molecule has 2 heterocycles. The molecule has 0 aliphatic rings. The average Bonchev–Trinajstić information content (AvgIpc) is 3.38. The van der Waals surface area contributed by atoms with Gasteiger partial charge in [0, 0.05) is 40.3 Å². The Balaban J connectivity index is 1.45. The van der Waals surface area contributed by atoms with Gasteiger partial charge in [0.1, 0.15) is 10.8 Å². The van der Waals surface area contributed by atoms with Crippen LogP contribution in [0.2, 0.25) is 0 Å². The van der Waals surface area contributed by atoms with Crippen LogP contribution in [-0.4, -0.2) is 42.1 Å². The first-order valence-electron chi connectivity index (χ1n) is 10.3. The van der Waals surface area contributed by atoms with Crippen LogP contribution >= 0.6 is 11.3 Å². The molecule has 0 radical (unpaired) electrons. The van der Waals surface area contributed by atoms with Gasteiger partial charge in [-0.25, -0.2) is 4.98 Å². The van der Waals surface area contributed by atoms with E-state index in [4.69, 9.17) is 9.72 Å². The van der Waals surface area contributed by atoms with E-state index in [1.54, 1.807) is 11.3 Å². The molecule has 0 saturated carbocycles. The van der Waals surface area contributed by atoms with Crippen LogP contribution in [0, 0.1) is 0 Å². The Labute approximate surface area is 181 Å². The number of benzene rings is 2. The second kappa shape index (κ2) is 9.32. The molecular formula is C24H28N4OS. The molecule has 156 valence electrons. The lowest BCUT2D eigenvalue weighted by Crippen LogP contribution is -2.14. The van der Waals surface area contributed by atoms with E-state index >= 15 is 0 Å². The predicted octanol–water partition coefficient (Wildman–Crippen LogP) is 5.41. The lowest BCUT2D eigenvalue weighted by molar-refractivity contribution is 0.340. The summed E-state index contributed by atoms with van der Waals surface area (Å²) in [6.07, 6.45) is 3.16. The molecule has 5 nitrogen and oxygen atoms in total. The number of aromatic amines is 1. The highest BCUT2D eigenvalue weighted by atomic mass is 32.1. The molecule has 6 heteroatoms. The van der Waals surface area contributed by atoms with E-state index in [0.29, 0.717) is 13.2 Å². The van der Waals surface area contributed by atoms with Gasteiger partial charge < -0.3 is 19.9 Å². The summed E-state index contributed by atoms with van der Waals surface area (Å²) >= 11 is 1.69. The van der Waals surface area contributed by atoms with Crippen LogP contribution in [0.25, 0.3) is 21.5 Å². The zero-order valence-electron chi connectivity index (χ0n) is 17.7. The molecule has 0 spiro atoms. The van der Waals surface area contributed by atoms with Crippen molar-refractivity contribution in [2.75, 3.05) is 32.6 Å². The average molecular weight is 421 g/mol. The van der Waals surface area contributed by atoms with Crippen molar-refractivity contribution >= 4 is 27.9 Å². The molecule has 4 aromatic rings. The van der Waals surface area contributed by atoms with Gasteiger partial charge in [-0.05, 0) is 75.5 Å². The Morgan fingerprint density at radius 3 is 2.73 bits per heavy atom. The van der Waals surface area contributed by atoms with Crippen molar-refractivity contribution in [1.29, 1.82) is 0 Å². The summed E-state index contributed by atoms with van der Waals surface area (Å²) in [7, 11) is 4.22. The molecule has 30 heavy (non-hydrogen) atoms. The molecule has 2 N–H and O–H groups in total. The molecule has 2 aromatic carbocycles. The molecule has 2 aromatic heterocycles. The highest BCUT2D eigenvalue weighted by molar-refractivity contribution is 7.13. The molecule has 0 aliphatic heterocycles. The topological polar surface area (TPSA) is 53.2 Å². The van der Waals surface area contributed by atoms with E-state index < -0.39 is 0 Å². The van der Waals surface area contributed by atoms with Crippen LogP contribution < -0.4 is 10.1 Å². The van der Waals surface area contributed by atoms with Crippen LogP contribution in [0.3, 0.4) is 0 Å². The van der Waals surface area contributed by atoms with Crippen molar-refractivity contribution in [3.63, 3.8) is 0 Å². The molecule has 0 unspecified atom stereocenters. The minimum Gasteiger partial charge on any atom is -0.494 e. The number of fused-ring (bicyclic) bond motifs is 1. The van der Waals surface area contributed by atoms with Gasteiger partial charge in [0.05, 0.1) is 18.8 Å². The van der Waals surface area contributed by atoms with Crippen LogP contribution in [0.1, 0.15) is 18.2 Å². The zero-order chi connectivity index (χ0) is 20.9. The predicted molar refractivity (Wildman–Crippen MR) is 127 cm³/mol. The third kappa shape index (κ3) is 4.83. The van der Waals surface area contributed by atoms with E-state index in [-0.39, 0.29) is 0 Å². The smallest absolute Gasteiger partial charge is 0.123 e. The number of H-pyrrole nitrogens is 1. The molecular weight excluding hydrogens is 392 g/mol. The number of nitrogens with zero attached hydrogens (tertiary/aromatic N) is 2. The summed E-state index contributed by atoms with van der Waals surface area (Å²) in [6.45, 7) is 4.41. The van der Waals surface area contributed by atoms with E-state index in [9.17, 15) is 0 Å². The lowest BCUT2D eigenvalue weighted by Gasteiger charge is -2.08. The summed E-state index contributed by atoms with van der Waals surface area (Å²) in [5.41, 5.74) is 5.82. The molecule has 4 rings (SSSR count). The van der Waals surface area contributed by atoms with Crippen molar-refractivity contribution in [3.8, 4) is 16.3 Å². The van der Waals surface area contributed by atoms with Crippen molar-refractivity contribution in [1.82, 2.24) is 14.9 Å². The number of hydrogen-bond acceptors (Lipinski definition) is 5. The van der Waals surface area contributed by atoms with Crippen molar-refractivity contribution in [3.05, 3.63) is 65.3 Å². The minimum atomic E-state index is 0.681. The van der Waals surface area contributed by atoms with E-state index in [1.807, 2.05) is 31.2 Å². The maximum atomic E-state index is 5.49. The van der Waals surface area contributed by atoms with Gasteiger partial charge in [0.2, 0.25) is 0 Å². The Bertz CT molecular complexity index is 1100. The van der Waals surface area contributed by atoms with Gasteiger partial charge in [-0.2, -0.15) is 0 Å². The fraction of sp³-hybridized carbons (Fsp3) is 0.292.